The Morgan fingerprint density at radius 3 is 2.50 bits per heavy atom. The molecule has 2 aromatic carbocycles. The van der Waals surface area contributed by atoms with E-state index in [1.807, 2.05) is 24.3 Å². The van der Waals surface area contributed by atoms with Crippen LogP contribution in [0.1, 0.15) is 22.2 Å². The molecule has 3 aromatic rings. The number of fused-ring (bicyclic) bond motifs is 1. The minimum Gasteiger partial charge on any atom is -0.507 e. The second-order valence-electron chi connectivity index (χ2n) is 7.18. The summed E-state index contributed by atoms with van der Waals surface area (Å²) in [4.78, 5) is 27.5. The van der Waals surface area contributed by atoms with Gasteiger partial charge in [0.05, 0.1) is 11.6 Å². The third-order valence-corrected chi connectivity index (χ3v) is 6.72. The van der Waals surface area contributed by atoms with E-state index in [-0.39, 0.29) is 11.3 Å². The lowest BCUT2D eigenvalue weighted by Gasteiger charge is -2.23. The Kier molecular flexibility index (Phi) is 5.33. The van der Waals surface area contributed by atoms with Crippen molar-refractivity contribution >= 4 is 56.5 Å². The lowest BCUT2D eigenvalue weighted by Crippen LogP contribution is -2.29. The highest BCUT2D eigenvalue weighted by Gasteiger charge is 2.48. The van der Waals surface area contributed by atoms with E-state index in [1.54, 1.807) is 25.1 Å². The van der Waals surface area contributed by atoms with Crippen LogP contribution in [0.15, 0.2) is 48.0 Å². The van der Waals surface area contributed by atoms with Gasteiger partial charge in [-0.05, 0) is 65.4 Å². The fraction of sp³-hybridized carbons (Fsp3) is 0.182. The number of ether oxygens (including phenoxy) is 2. The van der Waals surface area contributed by atoms with Crippen LogP contribution in [-0.4, -0.2) is 40.2 Å². The lowest BCUT2D eigenvalue weighted by molar-refractivity contribution is -0.132. The first-order valence-electron chi connectivity index (χ1n) is 9.70. The number of hydrogen-bond donors (Lipinski definition) is 1. The molecule has 0 spiro atoms. The van der Waals surface area contributed by atoms with Gasteiger partial charge in [-0.2, -0.15) is 0 Å². The molecule has 1 N–H and O–H groups in total. The number of carbonyl (C=O) groups excluding carboxylic acids is 2. The van der Waals surface area contributed by atoms with Crippen LogP contribution in [0.3, 0.4) is 0 Å². The Morgan fingerprint density at radius 1 is 1.09 bits per heavy atom. The maximum atomic E-state index is 13.1. The summed E-state index contributed by atoms with van der Waals surface area (Å²) in [7, 11) is 0. The van der Waals surface area contributed by atoms with E-state index in [1.165, 1.54) is 16.2 Å². The minimum atomic E-state index is -0.840. The number of anilines is 1. The van der Waals surface area contributed by atoms with E-state index >= 15 is 0 Å². The van der Waals surface area contributed by atoms with E-state index in [0.29, 0.717) is 46.0 Å². The molecule has 0 aliphatic carbocycles. The molecule has 0 radical (unpaired) electrons. The van der Waals surface area contributed by atoms with Crippen LogP contribution < -0.4 is 14.4 Å². The van der Waals surface area contributed by atoms with E-state index < -0.39 is 17.7 Å². The number of aromatic nitrogens is 2. The van der Waals surface area contributed by atoms with Crippen LogP contribution in [-0.2, 0) is 9.59 Å². The van der Waals surface area contributed by atoms with Gasteiger partial charge >= 0.3 is 5.91 Å². The molecular formula is C22H16IN3O5S. The number of carbonyl (C=O) groups is 2. The summed E-state index contributed by atoms with van der Waals surface area (Å²) >= 11 is 3.39. The zero-order valence-corrected chi connectivity index (χ0v) is 19.7. The average Bonchev–Trinajstić information content (AvgIpc) is 3.34. The van der Waals surface area contributed by atoms with Gasteiger partial charge < -0.3 is 14.6 Å². The number of ketones is 1. The van der Waals surface area contributed by atoms with Crippen molar-refractivity contribution in [1.29, 1.82) is 0 Å². The lowest BCUT2D eigenvalue weighted by atomic mass is 9.95. The zero-order valence-electron chi connectivity index (χ0n) is 16.7. The molecule has 1 aromatic heterocycles. The highest BCUT2D eigenvalue weighted by molar-refractivity contribution is 14.1. The maximum absolute atomic E-state index is 13.1. The molecule has 1 saturated heterocycles. The van der Waals surface area contributed by atoms with E-state index in [0.717, 1.165) is 3.57 Å². The number of Topliss-reactive ketones (excluding diaryl/α,β-unsaturated/α-hetero) is 1. The van der Waals surface area contributed by atoms with Crippen LogP contribution in [0, 0.1) is 10.5 Å². The minimum absolute atomic E-state index is 0.0132. The van der Waals surface area contributed by atoms with Gasteiger partial charge in [-0.25, -0.2) is 0 Å². The Bertz CT molecular complexity index is 1270. The van der Waals surface area contributed by atoms with Crippen molar-refractivity contribution in [1.82, 2.24) is 10.2 Å². The molecule has 32 heavy (non-hydrogen) atoms. The first kappa shape index (κ1) is 20.9. The maximum Gasteiger partial charge on any atom is 0.301 e. The van der Waals surface area contributed by atoms with Gasteiger partial charge in [0.1, 0.15) is 24.0 Å². The number of aliphatic hydroxyl groups is 1. The Morgan fingerprint density at radius 2 is 1.81 bits per heavy atom. The standard InChI is InChI=1S/C22H16IN3O5S/c1-11-24-25-22(32-11)26-18(12-2-5-14(23)6-3-12)17(20(28)21(26)29)19(27)13-4-7-15-16(10-13)31-9-8-30-15/h2-7,10,18,27H,8-9H2,1H3. The molecule has 1 unspecified atom stereocenters. The van der Waals surface area contributed by atoms with E-state index in [9.17, 15) is 14.7 Å². The van der Waals surface area contributed by atoms with E-state index in [2.05, 4.69) is 32.8 Å². The Balaban J connectivity index is 1.69. The molecule has 5 rings (SSSR count). The second-order valence-corrected chi connectivity index (χ2v) is 9.59. The smallest absolute Gasteiger partial charge is 0.301 e. The molecule has 0 saturated carbocycles. The number of benzene rings is 2. The van der Waals surface area contributed by atoms with Crippen LogP contribution in [0.2, 0.25) is 0 Å². The number of nitrogens with zero attached hydrogens (tertiary/aromatic N) is 3. The number of hydrogen-bond acceptors (Lipinski definition) is 8. The summed E-state index contributed by atoms with van der Waals surface area (Å²) in [5.41, 5.74) is 1.02. The van der Waals surface area contributed by atoms with Gasteiger partial charge in [-0.1, -0.05) is 23.5 Å². The molecule has 162 valence electrons. The molecule has 2 aliphatic heterocycles. The topological polar surface area (TPSA) is 102 Å². The van der Waals surface area contributed by atoms with Crippen molar-refractivity contribution in [2.24, 2.45) is 0 Å². The van der Waals surface area contributed by atoms with Crippen molar-refractivity contribution in [2.45, 2.75) is 13.0 Å². The quantitative estimate of drug-likeness (QED) is 0.224. The van der Waals surface area contributed by atoms with Crippen molar-refractivity contribution in [2.75, 3.05) is 18.1 Å². The van der Waals surface area contributed by atoms with Crippen molar-refractivity contribution < 1.29 is 24.2 Å². The van der Waals surface area contributed by atoms with Crippen LogP contribution in [0.25, 0.3) is 5.76 Å². The highest BCUT2D eigenvalue weighted by atomic mass is 127. The van der Waals surface area contributed by atoms with Crippen molar-refractivity contribution in [3.8, 4) is 11.5 Å². The van der Waals surface area contributed by atoms with Gasteiger partial charge in [0.2, 0.25) is 5.13 Å². The summed E-state index contributed by atoms with van der Waals surface area (Å²) in [5.74, 6) is -0.794. The summed E-state index contributed by atoms with van der Waals surface area (Å²) in [6, 6.07) is 11.5. The first-order valence-corrected chi connectivity index (χ1v) is 11.6. The first-order chi connectivity index (χ1) is 15.4. The van der Waals surface area contributed by atoms with E-state index in [4.69, 9.17) is 9.47 Å². The fourth-order valence-electron chi connectivity index (χ4n) is 3.72. The predicted octanol–water partition coefficient (Wildman–Crippen LogP) is 3.85. The van der Waals surface area contributed by atoms with Crippen LogP contribution in [0.5, 0.6) is 11.5 Å². The summed E-state index contributed by atoms with van der Waals surface area (Å²) < 4.78 is 12.1. The Hall–Kier alpha value is -2.99. The van der Waals surface area contributed by atoms with Gasteiger partial charge in [0.25, 0.3) is 5.78 Å². The monoisotopic (exact) mass is 561 g/mol. The van der Waals surface area contributed by atoms with Gasteiger partial charge in [0.15, 0.2) is 11.5 Å². The number of rotatable bonds is 3. The summed E-state index contributed by atoms with van der Waals surface area (Å²) in [6.45, 7) is 2.60. The molecule has 8 nitrogen and oxygen atoms in total. The molecule has 0 bridgehead atoms. The summed E-state index contributed by atoms with van der Waals surface area (Å²) in [5, 5.41) is 20.2. The average molecular weight is 561 g/mol. The van der Waals surface area contributed by atoms with Gasteiger partial charge in [0, 0.05) is 9.13 Å². The molecule has 1 amide bonds. The highest BCUT2D eigenvalue weighted by Crippen LogP contribution is 2.43. The second kappa shape index (κ2) is 8.17. The van der Waals surface area contributed by atoms with Crippen molar-refractivity contribution in [3.63, 3.8) is 0 Å². The molecule has 1 atom stereocenters. The normalized spacial score (nSPS) is 19.4. The van der Waals surface area contributed by atoms with Crippen LogP contribution >= 0.6 is 33.9 Å². The third kappa shape index (κ3) is 3.52. The van der Waals surface area contributed by atoms with Crippen LogP contribution in [0.4, 0.5) is 5.13 Å². The molecule has 2 aliphatic rings. The third-order valence-electron chi connectivity index (χ3n) is 5.17. The Labute approximate surface area is 200 Å². The van der Waals surface area contributed by atoms with Crippen molar-refractivity contribution in [3.05, 3.63) is 67.7 Å². The number of aryl methyl sites for hydroxylation is 1. The summed E-state index contributed by atoms with van der Waals surface area (Å²) in [6.07, 6.45) is 0. The van der Waals surface area contributed by atoms with Gasteiger partial charge in [-0.15, -0.1) is 10.2 Å². The molecule has 3 heterocycles. The predicted molar refractivity (Wildman–Crippen MR) is 126 cm³/mol. The molecule has 10 heteroatoms. The molecular weight excluding hydrogens is 545 g/mol. The molecule has 1 fully saturated rings. The number of aliphatic hydroxyl groups excluding tert-OH is 1. The SMILES string of the molecule is Cc1nnc(N2C(=O)C(=O)C(=C(O)c3ccc4c(c3)OCCO4)C2c2ccc(I)cc2)s1. The largest absolute Gasteiger partial charge is 0.507 e. The zero-order chi connectivity index (χ0) is 22.4. The number of amides is 1. The fourth-order valence-corrected chi connectivity index (χ4v) is 4.79. The van der Waals surface area contributed by atoms with Gasteiger partial charge in [-0.3, -0.25) is 14.5 Å². The number of halogens is 1.